The Balaban J connectivity index is 1.81. The molecule has 0 aliphatic heterocycles. The number of likely N-dealkylation sites (N-methyl/N-ethyl adjacent to an activating group) is 1. The predicted molar refractivity (Wildman–Crippen MR) is 96.5 cm³/mol. The van der Waals surface area contributed by atoms with Crippen molar-refractivity contribution in [1.82, 2.24) is 10.6 Å². The van der Waals surface area contributed by atoms with Crippen LogP contribution in [0, 0.1) is 0 Å². The Morgan fingerprint density at radius 2 is 1.65 bits per heavy atom. The SMILES string of the molecule is CCc1cccc(CNCC(O)C(Cc2ccccc2)NC)c1. The van der Waals surface area contributed by atoms with Crippen molar-refractivity contribution in [3.05, 3.63) is 71.3 Å². The lowest BCUT2D eigenvalue weighted by Gasteiger charge is -2.23. The van der Waals surface area contributed by atoms with Crippen molar-refractivity contribution in [2.75, 3.05) is 13.6 Å². The highest BCUT2D eigenvalue weighted by molar-refractivity contribution is 5.23. The summed E-state index contributed by atoms with van der Waals surface area (Å²) < 4.78 is 0. The molecule has 0 bridgehead atoms. The first-order valence-corrected chi connectivity index (χ1v) is 8.40. The normalized spacial score (nSPS) is 13.7. The molecular weight excluding hydrogens is 284 g/mol. The minimum atomic E-state index is -0.422. The van der Waals surface area contributed by atoms with Gasteiger partial charge in [-0.15, -0.1) is 0 Å². The first-order chi connectivity index (χ1) is 11.2. The van der Waals surface area contributed by atoms with Crippen LogP contribution in [-0.2, 0) is 19.4 Å². The molecule has 2 rings (SSSR count). The topological polar surface area (TPSA) is 44.3 Å². The van der Waals surface area contributed by atoms with E-state index in [1.807, 2.05) is 25.2 Å². The molecule has 0 aromatic heterocycles. The summed E-state index contributed by atoms with van der Waals surface area (Å²) in [6.07, 6.45) is 1.45. The number of hydrogen-bond donors (Lipinski definition) is 3. The molecule has 124 valence electrons. The van der Waals surface area contributed by atoms with Crippen LogP contribution in [0.2, 0.25) is 0 Å². The van der Waals surface area contributed by atoms with E-state index in [1.54, 1.807) is 0 Å². The maximum Gasteiger partial charge on any atom is 0.0820 e. The minimum absolute atomic E-state index is 0.0480. The van der Waals surface area contributed by atoms with Crippen LogP contribution in [0.15, 0.2) is 54.6 Å². The van der Waals surface area contributed by atoms with Gasteiger partial charge in [-0.25, -0.2) is 0 Å². The molecule has 0 aliphatic carbocycles. The Kier molecular flexibility index (Phi) is 7.27. The van der Waals surface area contributed by atoms with Gasteiger partial charge in [0, 0.05) is 19.1 Å². The van der Waals surface area contributed by atoms with E-state index >= 15 is 0 Å². The zero-order valence-corrected chi connectivity index (χ0v) is 14.1. The van der Waals surface area contributed by atoms with E-state index in [-0.39, 0.29) is 6.04 Å². The third-order valence-electron chi connectivity index (χ3n) is 4.22. The fourth-order valence-electron chi connectivity index (χ4n) is 2.76. The van der Waals surface area contributed by atoms with Crippen molar-refractivity contribution < 1.29 is 5.11 Å². The Bertz CT molecular complexity index is 571. The summed E-state index contributed by atoms with van der Waals surface area (Å²) in [5.41, 5.74) is 3.85. The summed E-state index contributed by atoms with van der Waals surface area (Å²) in [7, 11) is 1.90. The van der Waals surface area contributed by atoms with Gasteiger partial charge in [0.05, 0.1) is 6.10 Å². The molecule has 0 amide bonds. The standard InChI is InChI=1S/C20H28N2O/c1-3-16-10-7-11-18(12-16)14-22-15-20(23)19(21-2)13-17-8-5-4-6-9-17/h4-12,19-23H,3,13-15H2,1-2H3. The molecule has 3 N–H and O–H groups in total. The van der Waals surface area contributed by atoms with Gasteiger partial charge < -0.3 is 15.7 Å². The number of benzene rings is 2. The van der Waals surface area contributed by atoms with Crippen molar-refractivity contribution in [2.24, 2.45) is 0 Å². The van der Waals surface area contributed by atoms with Gasteiger partial charge in [-0.3, -0.25) is 0 Å². The van der Waals surface area contributed by atoms with E-state index < -0.39 is 6.10 Å². The van der Waals surface area contributed by atoms with Crippen LogP contribution < -0.4 is 10.6 Å². The van der Waals surface area contributed by atoms with Crippen LogP contribution >= 0.6 is 0 Å². The van der Waals surface area contributed by atoms with E-state index in [9.17, 15) is 5.11 Å². The van der Waals surface area contributed by atoms with Crippen molar-refractivity contribution in [1.29, 1.82) is 0 Å². The van der Waals surface area contributed by atoms with Gasteiger partial charge in [0.2, 0.25) is 0 Å². The van der Waals surface area contributed by atoms with Crippen LogP contribution in [0.1, 0.15) is 23.6 Å². The number of aliphatic hydroxyl groups excluding tert-OH is 1. The number of hydrogen-bond acceptors (Lipinski definition) is 3. The summed E-state index contributed by atoms with van der Waals surface area (Å²) in [6.45, 7) is 3.53. The zero-order chi connectivity index (χ0) is 16.5. The van der Waals surface area contributed by atoms with Crippen molar-refractivity contribution >= 4 is 0 Å². The molecular formula is C20H28N2O. The second-order valence-electron chi connectivity index (χ2n) is 5.96. The summed E-state index contributed by atoms with van der Waals surface area (Å²) in [6, 6.07) is 18.9. The Hall–Kier alpha value is -1.68. The molecule has 3 heteroatoms. The van der Waals surface area contributed by atoms with Crippen LogP contribution in [0.5, 0.6) is 0 Å². The lowest BCUT2D eigenvalue weighted by atomic mass is 10.0. The van der Waals surface area contributed by atoms with Crippen molar-refractivity contribution in [2.45, 2.75) is 38.5 Å². The van der Waals surface area contributed by atoms with Crippen molar-refractivity contribution in [3.8, 4) is 0 Å². The fraction of sp³-hybridized carbons (Fsp3) is 0.400. The maximum absolute atomic E-state index is 10.4. The van der Waals surface area contributed by atoms with E-state index in [0.717, 1.165) is 19.4 Å². The second kappa shape index (κ2) is 9.46. The number of rotatable bonds is 9. The van der Waals surface area contributed by atoms with E-state index in [1.165, 1.54) is 16.7 Å². The van der Waals surface area contributed by atoms with Gasteiger partial charge in [0.15, 0.2) is 0 Å². The number of nitrogens with one attached hydrogen (secondary N) is 2. The average molecular weight is 312 g/mol. The first kappa shape index (κ1) is 17.7. The van der Waals surface area contributed by atoms with Crippen molar-refractivity contribution in [3.63, 3.8) is 0 Å². The summed E-state index contributed by atoms with van der Waals surface area (Å²) >= 11 is 0. The average Bonchev–Trinajstić information content (AvgIpc) is 2.60. The van der Waals surface area contributed by atoms with Gasteiger partial charge in [0.25, 0.3) is 0 Å². The Morgan fingerprint density at radius 3 is 2.35 bits per heavy atom. The molecule has 2 unspecified atom stereocenters. The quantitative estimate of drug-likeness (QED) is 0.667. The third-order valence-corrected chi connectivity index (χ3v) is 4.22. The minimum Gasteiger partial charge on any atom is -0.390 e. The fourth-order valence-corrected chi connectivity index (χ4v) is 2.76. The monoisotopic (exact) mass is 312 g/mol. The predicted octanol–water partition coefficient (Wildman–Crippen LogP) is 2.53. The highest BCUT2D eigenvalue weighted by Gasteiger charge is 2.17. The molecule has 0 fully saturated rings. The van der Waals surface area contributed by atoms with Gasteiger partial charge in [0.1, 0.15) is 0 Å². The van der Waals surface area contributed by atoms with E-state index in [4.69, 9.17) is 0 Å². The molecule has 3 nitrogen and oxygen atoms in total. The van der Waals surface area contributed by atoms with Gasteiger partial charge in [-0.2, -0.15) is 0 Å². The van der Waals surface area contributed by atoms with E-state index in [2.05, 4.69) is 54.0 Å². The van der Waals surface area contributed by atoms with Gasteiger partial charge in [-0.1, -0.05) is 61.5 Å². The summed E-state index contributed by atoms with van der Waals surface area (Å²) in [5, 5.41) is 17.0. The number of aryl methyl sites for hydroxylation is 1. The maximum atomic E-state index is 10.4. The lowest BCUT2D eigenvalue weighted by Crippen LogP contribution is -2.44. The molecule has 0 radical (unpaired) electrons. The van der Waals surface area contributed by atoms with Crippen LogP contribution in [0.25, 0.3) is 0 Å². The molecule has 0 aliphatic rings. The molecule has 0 saturated carbocycles. The highest BCUT2D eigenvalue weighted by Crippen LogP contribution is 2.07. The van der Waals surface area contributed by atoms with Crippen LogP contribution in [0.3, 0.4) is 0 Å². The smallest absolute Gasteiger partial charge is 0.0820 e. The van der Waals surface area contributed by atoms with Crippen LogP contribution in [0.4, 0.5) is 0 Å². The van der Waals surface area contributed by atoms with E-state index in [0.29, 0.717) is 6.54 Å². The molecule has 0 saturated heterocycles. The van der Waals surface area contributed by atoms with Crippen LogP contribution in [-0.4, -0.2) is 30.8 Å². The molecule has 0 heterocycles. The first-order valence-electron chi connectivity index (χ1n) is 8.40. The molecule has 0 spiro atoms. The second-order valence-corrected chi connectivity index (χ2v) is 5.96. The Labute approximate surface area is 139 Å². The number of aliphatic hydroxyl groups is 1. The molecule has 2 atom stereocenters. The zero-order valence-electron chi connectivity index (χ0n) is 14.1. The van der Waals surface area contributed by atoms with Gasteiger partial charge in [-0.05, 0) is 36.6 Å². The lowest BCUT2D eigenvalue weighted by molar-refractivity contribution is 0.128. The Morgan fingerprint density at radius 1 is 0.957 bits per heavy atom. The molecule has 2 aromatic rings. The van der Waals surface area contributed by atoms with Gasteiger partial charge >= 0.3 is 0 Å². The largest absolute Gasteiger partial charge is 0.390 e. The summed E-state index contributed by atoms with van der Waals surface area (Å²) in [5.74, 6) is 0. The molecule has 2 aromatic carbocycles. The highest BCUT2D eigenvalue weighted by atomic mass is 16.3. The summed E-state index contributed by atoms with van der Waals surface area (Å²) in [4.78, 5) is 0. The third kappa shape index (κ3) is 5.79. The molecule has 23 heavy (non-hydrogen) atoms.